The monoisotopic (exact) mass is 313 g/mol. The Morgan fingerprint density at radius 2 is 2.33 bits per heavy atom. The number of rotatable bonds is 5. The van der Waals surface area contributed by atoms with Gasteiger partial charge in [0.25, 0.3) is 5.69 Å². The lowest BCUT2D eigenvalue weighted by molar-refractivity contribution is -0.384. The first-order valence-corrected chi connectivity index (χ1v) is 5.86. The maximum atomic E-state index is 11.6. The number of nitro benzene ring substituents is 1. The molecule has 0 aromatic heterocycles. The predicted octanol–water partition coefficient (Wildman–Crippen LogP) is 2.20. The third-order valence-corrected chi connectivity index (χ3v) is 2.83. The zero-order valence-corrected chi connectivity index (χ0v) is 11.0. The van der Waals surface area contributed by atoms with E-state index >= 15 is 0 Å². The number of carbonyl (C=O) groups is 1. The van der Waals surface area contributed by atoms with Crippen LogP contribution >= 0.6 is 15.9 Å². The summed E-state index contributed by atoms with van der Waals surface area (Å²) in [5, 5.41) is 13.1. The Kier molecular flexibility index (Phi) is 4.99. The van der Waals surface area contributed by atoms with Crippen LogP contribution in [0.5, 0.6) is 0 Å². The molecule has 0 heterocycles. The summed E-state index contributed by atoms with van der Waals surface area (Å²) in [6.07, 6.45) is 1.91. The molecule has 0 bridgehead atoms. The molecule has 1 amide bonds. The van der Waals surface area contributed by atoms with Crippen LogP contribution in [0.3, 0.4) is 0 Å². The van der Waals surface area contributed by atoms with E-state index in [-0.39, 0.29) is 11.6 Å². The highest BCUT2D eigenvalue weighted by molar-refractivity contribution is 9.10. The van der Waals surface area contributed by atoms with Crippen molar-refractivity contribution in [3.8, 4) is 0 Å². The second-order valence-corrected chi connectivity index (χ2v) is 4.40. The molecule has 1 aromatic rings. The molecule has 6 nitrogen and oxygen atoms in total. The molecule has 3 N–H and O–H groups in total. The summed E-state index contributed by atoms with van der Waals surface area (Å²) in [5.74, 6) is -0.371. The molecular weight excluding hydrogens is 302 g/mol. The van der Waals surface area contributed by atoms with Gasteiger partial charge in [0.15, 0.2) is 0 Å². The first-order chi connectivity index (χ1) is 8.45. The summed E-state index contributed by atoms with van der Waals surface area (Å²) in [6.45, 7) is 3.49. The average Bonchev–Trinajstić information content (AvgIpc) is 2.31. The summed E-state index contributed by atoms with van der Waals surface area (Å²) in [7, 11) is 0. The number of carbonyl (C=O) groups excluding carboxylic acids is 1. The number of nitrogens with two attached hydrogens (primary N) is 1. The molecule has 0 aliphatic heterocycles. The minimum atomic E-state index is -0.690. The van der Waals surface area contributed by atoms with Crippen molar-refractivity contribution in [2.45, 2.75) is 12.5 Å². The summed E-state index contributed by atoms with van der Waals surface area (Å²) in [6, 6.07) is 3.37. The van der Waals surface area contributed by atoms with E-state index in [0.717, 1.165) is 0 Å². The van der Waals surface area contributed by atoms with E-state index in [1.54, 1.807) is 6.08 Å². The van der Waals surface area contributed by atoms with Gasteiger partial charge in [0.05, 0.1) is 16.7 Å². The highest BCUT2D eigenvalue weighted by Gasteiger charge is 2.15. The smallest absolute Gasteiger partial charge is 0.270 e. The van der Waals surface area contributed by atoms with E-state index in [0.29, 0.717) is 16.6 Å². The van der Waals surface area contributed by atoms with Gasteiger partial charge in [-0.2, -0.15) is 0 Å². The number of nitro groups is 1. The summed E-state index contributed by atoms with van der Waals surface area (Å²) in [5.41, 5.74) is 5.97. The molecule has 1 atom stereocenters. The van der Waals surface area contributed by atoms with E-state index in [4.69, 9.17) is 5.73 Å². The van der Waals surface area contributed by atoms with Crippen LogP contribution in [0.15, 0.2) is 35.3 Å². The molecule has 0 saturated carbocycles. The van der Waals surface area contributed by atoms with E-state index in [1.807, 2.05) is 0 Å². The van der Waals surface area contributed by atoms with Crippen molar-refractivity contribution in [1.82, 2.24) is 0 Å². The highest BCUT2D eigenvalue weighted by atomic mass is 79.9. The third-order valence-electron chi connectivity index (χ3n) is 2.18. The largest absolute Gasteiger partial charge is 0.324 e. The normalized spacial score (nSPS) is 11.7. The van der Waals surface area contributed by atoms with Crippen molar-refractivity contribution >= 4 is 33.2 Å². The Balaban J connectivity index is 2.82. The number of hydrogen-bond donors (Lipinski definition) is 2. The van der Waals surface area contributed by atoms with Crippen molar-refractivity contribution in [2.24, 2.45) is 5.73 Å². The van der Waals surface area contributed by atoms with Crippen molar-refractivity contribution in [1.29, 1.82) is 0 Å². The fourth-order valence-electron chi connectivity index (χ4n) is 1.23. The van der Waals surface area contributed by atoms with Crippen LogP contribution in [0.2, 0.25) is 0 Å². The number of non-ortho nitro benzene ring substituents is 1. The molecule has 96 valence electrons. The van der Waals surface area contributed by atoms with Gasteiger partial charge in [0, 0.05) is 16.6 Å². The van der Waals surface area contributed by atoms with E-state index in [2.05, 4.69) is 27.8 Å². The third kappa shape index (κ3) is 3.64. The quantitative estimate of drug-likeness (QED) is 0.494. The fraction of sp³-hybridized carbons (Fsp3) is 0.182. The number of nitrogens with zero attached hydrogens (tertiary/aromatic N) is 1. The molecule has 18 heavy (non-hydrogen) atoms. The first-order valence-electron chi connectivity index (χ1n) is 5.07. The van der Waals surface area contributed by atoms with Gasteiger partial charge >= 0.3 is 0 Å². The van der Waals surface area contributed by atoms with Gasteiger partial charge in [0.1, 0.15) is 0 Å². The van der Waals surface area contributed by atoms with Gasteiger partial charge in [-0.15, -0.1) is 6.58 Å². The van der Waals surface area contributed by atoms with Gasteiger partial charge in [-0.1, -0.05) is 6.08 Å². The van der Waals surface area contributed by atoms with Crippen LogP contribution in [-0.4, -0.2) is 16.9 Å². The number of hydrogen-bond acceptors (Lipinski definition) is 4. The number of nitrogens with one attached hydrogen (secondary N) is 1. The Morgan fingerprint density at radius 1 is 1.67 bits per heavy atom. The van der Waals surface area contributed by atoms with E-state index in [9.17, 15) is 14.9 Å². The standard InChI is InChI=1S/C11H12BrN3O3/c1-2-3-9(13)11(16)14-10-5-4-7(15(17)18)6-8(10)12/h2,4-6,9H,1,3,13H2,(H,14,16). The minimum absolute atomic E-state index is 0.0599. The van der Waals surface area contributed by atoms with Gasteiger partial charge < -0.3 is 11.1 Å². The van der Waals surface area contributed by atoms with E-state index in [1.165, 1.54) is 18.2 Å². The maximum absolute atomic E-state index is 11.6. The lowest BCUT2D eigenvalue weighted by Gasteiger charge is -2.11. The van der Waals surface area contributed by atoms with E-state index < -0.39 is 11.0 Å². The topological polar surface area (TPSA) is 98.3 Å². The zero-order valence-electron chi connectivity index (χ0n) is 9.43. The SMILES string of the molecule is C=CCC(N)C(=O)Nc1ccc([N+](=O)[O-])cc1Br. The van der Waals surface area contributed by atoms with Crippen LogP contribution in [0, 0.1) is 10.1 Å². The van der Waals surface area contributed by atoms with Crippen LogP contribution in [-0.2, 0) is 4.79 Å². The van der Waals surface area contributed by atoms with Crippen molar-refractivity contribution in [2.75, 3.05) is 5.32 Å². The Bertz CT molecular complexity index is 490. The molecule has 0 fully saturated rings. The second-order valence-electron chi connectivity index (χ2n) is 3.54. The number of halogens is 1. The van der Waals surface area contributed by atoms with Gasteiger partial charge in [-0.05, 0) is 28.4 Å². The molecule has 1 aromatic carbocycles. The fourth-order valence-corrected chi connectivity index (χ4v) is 1.70. The van der Waals surface area contributed by atoms with Gasteiger partial charge in [-0.3, -0.25) is 14.9 Å². The molecule has 0 radical (unpaired) electrons. The molecule has 1 rings (SSSR count). The molecule has 0 saturated heterocycles. The van der Waals surface area contributed by atoms with Gasteiger partial charge in [-0.25, -0.2) is 0 Å². The molecule has 1 unspecified atom stereocenters. The molecule has 7 heteroatoms. The Labute approximate surface area is 112 Å². The van der Waals surface area contributed by atoms with Crippen molar-refractivity contribution < 1.29 is 9.72 Å². The molecule has 0 aliphatic rings. The summed E-state index contributed by atoms with van der Waals surface area (Å²) < 4.78 is 0.427. The van der Waals surface area contributed by atoms with Crippen molar-refractivity contribution in [3.63, 3.8) is 0 Å². The lowest BCUT2D eigenvalue weighted by Crippen LogP contribution is -2.35. The average molecular weight is 314 g/mol. The number of anilines is 1. The Hall–Kier alpha value is -1.73. The summed E-state index contributed by atoms with van der Waals surface area (Å²) in [4.78, 5) is 21.7. The van der Waals surface area contributed by atoms with Gasteiger partial charge in [0.2, 0.25) is 5.91 Å². The zero-order chi connectivity index (χ0) is 13.7. The Morgan fingerprint density at radius 3 is 2.83 bits per heavy atom. The maximum Gasteiger partial charge on any atom is 0.270 e. The summed E-state index contributed by atoms with van der Waals surface area (Å²) >= 11 is 3.15. The molecule has 0 aliphatic carbocycles. The van der Waals surface area contributed by atoms with Crippen LogP contribution in [0.25, 0.3) is 0 Å². The molecule has 0 spiro atoms. The van der Waals surface area contributed by atoms with Crippen LogP contribution in [0.1, 0.15) is 6.42 Å². The first kappa shape index (κ1) is 14.3. The van der Waals surface area contributed by atoms with Crippen LogP contribution in [0.4, 0.5) is 11.4 Å². The predicted molar refractivity (Wildman–Crippen MR) is 72.2 cm³/mol. The minimum Gasteiger partial charge on any atom is -0.324 e. The molecular formula is C11H12BrN3O3. The lowest BCUT2D eigenvalue weighted by atomic mass is 10.2. The highest BCUT2D eigenvalue weighted by Crippen LogP contribution is 2.27. The number of benzene rings is 1. The van der Waals surface area contributed by atoms with Crippen molar-refractivity contribution in [3.05, 3.63) is 45.4 Å². The van der Waals surface area contributed by atoms with Crippen LogP contribution < -0.4 is 11.1 Å². The second kappa shape index (κ2) is 6.27. The number of amides is 1.